The van der Waals surface area contributed by atoms with Crippen molar-refractivity contribution < 1.29 is 0 Å². The molecular weight excluding hydrogens is 220 g/mol. The highest BCUT2D eigenvalue weighted by Gasteiger charge is 2.06. The van der Waals surface area contributed by atoms with Gasteiger partial charge >= 0.3 is 0 Å². The lowest BCUT2D eigenvalue weighted by atomic mass is 10.1. The minimum Gasteiger partial charge on any atom is -0.376 e. The molecule has 2 aromatic rings. The van der Waals surface area contributed by atoms with Crippen LogP contribution >= 0.6 is 11.6 Å². The highest BCUT2D eigenvalue weighted by Crippen LogP contribution is 2.23. The fraction of sp³-hybridized carbons (Fsp3) is 0.154. The van der Waals surface area contributed by atoms with Crippen molar-refractivity contribution >= 4 is 17.3 Å². The molecule has 0 aliphatic carbocycles. The number of anilines is 1. The fourth-order valence-electron chi connectivity index (χ4n) is 1.55. The maximum atomic E-state index is 5.98. The van der Waals surface area contributed by atoms with Gasteiger partial charge in [0, 0.05) is 12.2 Å². The Balaban J connectivity index is 2.14. The Morgan fingerprint density at radius 2 is 1.88 bits per heavy atom. The van der Waals surface area contributed by atoms with Gasteiger partial charge in [0.2, 0.25) is 0 Å². The zero-order valence-corrected chi connectivity index (χ0v) is 9.78. The van der Waals surface area contributed by atoms with Crippen molar-refractivity contribution in [2.45, 2.75) is 13.0 Å². The second-order valence-corrected chi connectivity index (χ2v) is 3.98. The summed E-state index contributed by atoms with van der Waals surface area (Å²) in [5.74, 6) is 0. The van der Waals surface area contributed by atoms with Crippen LogP contribution in [0.4, 0.5) is 5.69 Å². The Bertz CT molecular complexity index is 456. The average Bonchev–Trinajstić information content (AvgIpc) is 2.33. The average molecular weight is 233 g/mol. The van der Waals surface area contributed by atoms with E-state index < -0.39 is 0 Å². The molecule has 0 amide bonds. The van der Waals surface area contributed by atoms with Gasteiger partial charge < -0.3 is 5.32 Å². The maximum Gasteiger partial charge on any atom is 0.152 e. The van der Waals surface area contributed by atoms with Crippen LogP contribution < -0.4 is 5.32 Å². The normalized spacial score (nSPS) is 12.1. The number of hydrogen-bond acceptors (Lipinski definition) is 2. The fourth-order valence-corrected chi connectivity index (χ4v) is 1.73. The summed E-state index contributed by atoms with van der Waals surface area (Å²) in [6, 6.07) is 14.2. The number of aromatic nitrogens is 1. The lowest BCUT2D eigenvalue weighted by molar-refractivity contribution is 0.883. The number of nitrogens with one attached hydrogen (secondary N) is 1. The molecule has 82 valence electrons. The molecule has 3 heteroatoms. The van der Waals surface area contributed by atoms with Crippen LogP contribution in [0, 0.1) is 0 Å². The number of benzene rings is 1. The van der Waals surface area contributed by atoms with Gasteiger partial charge in [-0.3, -0.25) is 0 Å². The van der Waals surface area contributed by atoms with E-state index in [0.29, 0.717) is 5.15 Å². The van der Waals surface area contributed by atoms with Crippen LogP contribution in [0.3, 0.4) is 0 Å². The summed E-state index contributed by atoms with van der Waals surface area (Å²) < 4.78 is 0. The monoisotopic (exact) mass is 232 g/mol. The van der Waals surface area contributed by atoms with Crippen molar-refractivity contribution in [2.24, 2.45) is 0 Å². The first-order chi connectivity index (χ1) is 7.77. The number of pyridine rings is 1. The van der Waals surface area contributed by atoms with Crippen molar-refractivity contribution in [3.05, 3.63) is 59.4 Å². The van der Waals surface area contributed by atoms with Crippen LogP contribution in [0.1, 0.15) is 18.5 Å². The summed E-state index contributed by atoms with van der Waals surface area (Å²) in [6.45, 7) is 2.10. The quantitative estimate of drug-likeness (QED) is 0.812. The molecule has 1 aromatic carbocycles. The van der Waals surface area contributed by atoms with Crippen molar-refractivity contribution in [3.8, 4) is 0 Å². The van der Waals surface area contributed by atoms with E-state index in [4.69, 9.17) is 11.6 Å². The largest absolute Gasteiger partial charge is 0.376 e. The van der Waals surface area contributed by atoms with Crippen molar-refractivity contribution in [2.75, 3.05) is 5.32 Å². The lowest BCUT2D eigenvalue weighted by Crippen LogP contribution is -2.06. The van der Waals surface area contributed by atoms with Crippen molar-refractivity contribution in [3.63, 3.8) is 0 Å². The van der Waals surface area contributed by atoms with Gasteiger partial charge in [-0.2, -0.15) is 0 Å². The zero-order valence-electron chi connectivity index (χ0n) is 9.02. The molecule has 0 saturated heterocycles. The zero-order chi connectivity index (χ0) is 11.4. The summed E-state index contributed by atoms with van der Waals surface area (Å²) >= 11 is 5.98. The second-order valence-electron chi connectivity index (χ2n) is 3.62. The molecule has 0 radical (unpaired) electrons. The Morgan fingerprint density at radius 3 is 2.56 bits per heavy atom. The van der Waals surface area contributed by atoms with E-state index in [2.05, 4.69) is 29.4 Å². The highest BCUT2D eigenvalue weighted by molar-refractivity contribution is 6.31. The summed E-state index contributed by atoms with van der Waals surface area (Å²) in [6.07, 6.45) is 1.68. The van der Waals surface area contributed by atoms with Gasteiger partial charge in [0.25, 0.3) is 0 Å². The molecule has 1 atom stereocenters. The molecule has 0 fully saturated rings. The van der Waals surface area contributed by atoms with Gasteiger partial charge in [0.15, 0.2) is 5.15 Å². The first-order valence-electron chi connectivity index (χ1n) is 5.19. The van der Waals surface area contributed by atoms with Gasteiger partial charge in [-0.1, -0.05) is 41.9 Å². The summed E-state index contributed by atoms with van der Waals surface area (Å²) in [5, 5.41) is 3.84. The third kappa shape index (κ3) is 2.52. The number of halogens is 1. The summed E-state index contributed by atoms with van der Waals surface area (Å²) in [5.41, 5.74) is 2.09. The Labute approximate surface area is 100 Å². The van der Waals surface area contributed by atoms with Crippen LogP contribution in [-0.2, 0) is 0 Å². The van der Waals surface area contributed by atoms with Crippen LogP contribution in [0.5, 0.6) is 0 Å². The Hall–Kier alpha value is -1.54. The molecule has 2 rings (SSSR count). The van der Waals surface area contributed by atoms with E-state index in [0.717, 1.165) is 5.69 Å². The first kappa shape index (κ1) is 11.0. The lowest BCUT2D eigenvalue weighted by Gasteiger charge is -2.15. The second kappa shape index (κ2) is 4.99. The molecule has 2 nitrogen and oxygen atoms in total. The van der Waals surface area contributed by atoms with Crippen LogP contribution in [0.15, 0.2) is 48.7 Å². The maximum absolute atomic E-state index is 5.98. The highest BCUT2D eigenvalue weighted by atomic mass is 35.5. The summed E-state index contributed by atoms with van der Waals surface area (Å²) in [4.78, 5) is 4.03. The van der Waals surface area contributed by atoms with Crippen LogP contribution in [0.2, 0.25) is 5.15 Å². The van der Waals surface area contributed by atoms with E-state index in [1.54, 1.807) is 6.20 Å². The minimum atomic E-state index is 0.211. The molecule has 1 aromatic heterocycles. The van der Waals surface area contributed by atoms with Crippen molar-refractivity contribution in [1.29, 1.82) is 0 Å². The van der Waals surface area contributed by atoms with Crippen LogP contribution in [0.25, 0.3) is 0 Å². The van der Waals surface area contributed by atoms with Crippen molar-refractivity contribution in [1.82, 2.24) is 4.98 Å². The van der Waals surface area contributed by atoms with Gasteiger partial charge in [-0.15, -0.1) is 0 Å². The minimum absolute atomic E-state index is 0.211. The molecule has 0 saturated carbocycles. The molecule has 0 bridgehead atoms. The molecule has 1 N–H and O–H groups in total. The third-order valence-corrected chi connectivity index (χ3v) is 2.73. The smallest absolute Gasteiger partial charge is 0.152 e. The van der Waals surface area contributed by atoms with E-state index in [9.17, 15) is 0 Å². The predicted octanol–water partition coefficient (Wildman–Crippen LogP) is 3.91. The van der Waals surface area contributed by atoms with Gasteiger partial charge in [0.05, 0.1) is 5.69 Å². The van der Waals surface area contributed by atoms with Gasteiger partial charge in [0.1, 0.15) is 0 Å². The molecule has 0 spiro atoms. The Morgan fingerprint density at radius 1 is 1.12 bits per heavy atom. The SMILES string of the molecule is CC(Nc1cccnc1Cl)c1ccccc1. The molecular formula is C13H13ClN2. The molecule has 1 unspecified atom stereocenters. The summed E-state index contributed by atoms with van der Waals surface area (Å²) in [7, 11) is 0. The molecule has 0 aliphatic heterocycles. The molecule has 0 aliphatic rings. The predicted molar refractivity (Wildman–Crippen MR) is 67.7 cm³/mol. The first-order valence-corrected chi connectivity index (χ1v) is 5.57. The van der Waals surface area contributed by atoms with Crippen LogP contribution in [-0.4, -0.2) is 4.98 Å². The Kier molecular flexibility index (Phi) is 3.42. The molecule has 16 heavy (non-hydrogen) atoms. The van der Waals surface area contributed by atoms with E-state index >= 15 is 0 Å². The van der Waals surface area contributed by atoms with E-state index in [1.165, 1.54) is 5.56 Å². The van der Waals surface area contributed by atoms with Gasteiger partial charge in [-0.05, 0) is 24.6 Å². The third-order valence-electron chi connectivity index (χ3n) is 2.43. The molecule has 1 heterocycles. The topological polar surface area (TPSA) is 24.9 Å². The number of nitrogens with zero attached hydrogens (tertiary/aromatic N) is 1. The van der Waals surface area contributed by atoms with Gasteiger partial charge in [-0.25, -0.2) is 4.98 Å². The number of hydrogen-bond donors (Lipinski definition) is 1. The standard InChI is InChI=1S/C13H13ClN2/c1-10(11-6-3-2-4-7-11)16-12-8-5-9-15-13(12)14/h2-10,16H,1H3. The number of rotatable bonds is 3. The van der Waals surface area contributed by atoms with E-state index in [1.807, 2.05) is 30.3 Å². The van der Waals surface area contributed by atoms with E-state index in [-0.39, 0.29) is 6.04 Å².